The maximum absolute atomic E-state index is 12.0. The van der Waals surface area contributed by atoms with Gasteiger partial charge in [0.25, 0.3) is 0 Å². The van der Waals surface area contributed by atoms with E-state index >= 15 is 0 Å². The van der Waals surface area contributed by atoms with Crippen molar-refractivity contribution in [3.63, 3.8) is 0 Å². The van der Waals surface area contributed by atoms with Crippen molar-refractivity contribution in [3.05, 3.63) is 0 Å². The summed E-state index contributed by atoms with van der Waals surface area (Å²) in [5.41, 5.74) is 0. The fourth-order valence-corrected chi connectivity index (χ4v) is 2.25. The molecule has 4 nitrogen and oxygen atoms in total. The van der Waals surface area contributed by atoms with Crippen LogP contribution in [0.5, 0.6) is 0 Å². The molecule has 16 heavy (non-hydrogen) atoms. The van der Waals surface area contributed by atoms with Gasteiger partial charge in [0, 0.05) is 19.0 Å². The van der Waals surface area contributed by atoms with Gasteiger partial charge in [0.1, 0.15) is 0 Å². The number of carboxylic acid groups (broad SMARTS) is 1. The van der Waals surface area contributed by atoms with E-state index in [2.05, 4.69) is 6.92 Å². The number of hydrogen-bond donors (Lipinski definition) is 1. The van der Waals surface area contributed by atoms with Crippen LogP contribution in [0, 0.1) is 11.8 Å². The highest BCUT2D eigenvalue weighted by Gasteiger charge is 2.29. The summed E-state index contributed by atoms with van der Waals surface area (Å²) in [4.78, 5) is 24.6. The van der Waals surface area contributed by atoms with Crippen LogP contribution < -0.4 is 0 Å². The Kier molecular flexibility index (Phi) is 4.77. The summed E-state index contributed by atoms with van der Waals surface area (Å²) < 4.78 is 0. The van der Waals surface area contributed by atoms with Gasteiger partial charge in [-0.1, -0.05) is 20.3 Å². The summed E-state index contributed by atoms with van der Waals surface area (Å²) in [6.07, 6.45) is 3.37. The number of amides is 1. The molecule has 1 aliphatic rings. The Hall–Kier alpha value is -1.06. The summed E-state index contributed by atoms with van der Waals surface area (Å²) in [5.74, 6) is -1.00. The number of carboxylic acids is 1. The molecule has 1 fully saturated rings. The standard InChI is InChI=1S/C12H21NO3/c1-3-5-9(2)11(14)13-7-4-6-10(8-13)12(15)16/h9-10H,3-8H2,1-2H3,(H,15,16)/t9-,10-/m1/s1. The minimum absolute atomic E-state index is 0.0255. The summed E-state index contributed by atoms with van der Waals surface area (Å²) >= 11 is 0. The van der Waals surface area contributed by atoms with E-state index in [1.54, 1.807) is 4.90 Å². The lowest BCUT2D eigenvalue weighted by Crippen LogP contribution is -2.44. The predicted molar refractivity (Wildman–Crippen MR) is 61.0 cm³/mol. The number of carbonyl (C=O) groups is 2. The van der Waals surface area contributed by atoms with Crippen LogP contribution in [-0.4, -0.2) is 35.0 Å². The molecule has 0 unspecified atom stereocenters. The highest BCUT2D eigenvalue weighted by Crippen LogP contribution is 2.19. The smallest absolute Gasteiger partial charge is 0.308 e. The quantitative estimate of drug-likeness (QED) is 0.796. The third-order valence-electron chi connectivity index (χ3n) is 3.23. The van der Waals surface area contributed by atoms with Gasteiger partial charge in [-0.2, -0.15) is 0 Å². The molecular formula is C12H21NO3. The van der Waals surface area contributed by atoms with Crippen LogP contribution in [0.15, 0.2) is 0 Å². The molecule has 2 atom stereocenters. The first-order valence-electron chi connectivity index (χ1n) is 6.07. The van der Waals surface area contributed by atoms with Gasteiger partial charge in [0.05, 0.1) is 5.92 Å². The van der Waals surface area contributed by atoms with Crippen molar-refractivity contribution in [2.75, 3.05) is 13.1 Å². The molecule has 1 heterocycles. The maximum Gasteiger partial charge on any atom is 0.308 e. The van der Waals surface area contributed by atoms with Gasteiger partial charge in [0.2, 0.25) is 5.91 Å². The van der Waals surface area contributed by atoms with Gasteiger partial charge in [-0.25, -0.2) is 0 Å². The molecule has 0 aromatic heterocycles. The predicted octanol–water partition coefficient (Wildman–Crippen LogP) is 1.75. The van der Waals surface area contributed by atoms with Crippen LogP contribution in [0.25, 0.3) is 0 Å². The first-order valence-corrected chi connectivity index (χ1v) is 6.07. The molecule has 92 valence electrons. The molecule has 0 saturated carbocycles. The lowest BCUT2D eigenvalue weighted by atomic mass is 9.96. The normalized spacial score (nSPS) is 22.9. The molecule has 1 N–H and O–H groups in total. The Morgan fingerprint density at radius 1 is 1.50 bits per heavy atom. The van der Waals surface area contributed by atoms with Crippen LogP contribution >= 0.6 is 0 Å². The Bertz CT molecular complexity index is 265. The molecular weight excluding hydrogens is 206 g/mol. The van der Waals surface area contributed by atoms with E-state index in [-0.39, 0.29) is 17.7 Å². The molecule has 0 aromatic carbocycles. The Morgan fingerprint density at radius 3 is 2.75 bits per heavy atom. The second-order valence-electron chi connectivity index (χ2n) is 4.65. The second kappa shape index (κ2) is 5.87. The molecule has 1 aliphatic heterocycles. The zero-order valence-corrected chi connectivity index (χ0v) is 10.1. The molecule has 0 spiro atoms. The fraction of sp³-hybridized carbons (Fsp3) is 0.833. The molecule has 4 heteroatoms. The highest BCUT2D eigenvalue weighted by atomic mass is 16.4. The zero-order valence-electron chi connectivity index (χ0n) is 10.1. The van der Waals surface area contributed by atoms with Crippen molar-refractivity contribution in [2.45, 2.75) is 39.5 Å². The number of nitrogens with zero attached hydrogens (tertiary/aromatic N) is 1. The largest absolute Gasteiger partial charge is 0.481 e. The third kappa shape index (κ3) is 3.22. The minimum atomic E-state index is -0.777. The number of hydrogen-bond acceptors (Lipinski definition) is 2. The summed E-state index contributed by atoms with van der Waals surface area (Å²) in [5, 5.41) is 8.94. The fourth-order valence-electron chi connectivity index (χ4n) is 2.25. The minimum Gasteiger partial charge on any atom is -0.481 e. The van der Waals surface area contributed by atoms with Crippen molar-refractivity contribution in [2.24, 2.45) is 11.8 Å². The topological polar surface area (TPSA) is 57.6 Å². The zero-order chi connectivity index (χ0) is 12.1. The van der Waals surface area contributed by atoms with Crippen LogP contribution in [0.1, 0.15) is 39.5 Å². The highest BCUT2D eigenvalue weighted by molar-refractivity contribution is 5.79. The number of likely N-dealkylation sites (tertiary alicyclic amines) is 1. The van der Waals surface area contributed by atoms with Crippen molar-refractivity contribution in [1.29, 1.82) is 0 Å². The van der Waals surface area contributed by atoms with E-state index in [9.17, 15) is 9.59 Å². The molecule has 0 aliphatic carbocycles. The van der Waals surface area contributed by atoms with E-state index in [1.807, 2.05) is 6.92 Å². The van der Waals surface area contributed by atoms with Gasteiger partial charge >= 0.3 is 5.97 Å². The molecule has 0 bridgehead atoms. The van der Waals surface area contributed by atoms with Gasteiger partial charge < -0.3 is 10.0 Å². The van der Waals surface area contributed by atoms with Gasteiger partial charge in [-0.05, 0) is 19.3 Å². The van der Waals surface area contributed by atoms with E-state index in [0.29, 0.717) is 13.0 Å². The van der Waals surface area contributed by atoms with Gasteiger partial charge in [0.15, 0.2) is 0 Å². The van der Waals surface area contributed by atoms with E-state index < -0.39 is 5.97 Å². The number of rotatable bonds is 4. The van der Waals surface area contributed by atoms with Crippen LogP contribution in [-0.2, 0) is 9.59 Å². The summed E-state index contributed by atoms with van der Waals surface area (Å²) in [6, 6.07) is 0. The molecule has 1 saturated heterocycles. The maximum atomic E-state index is 12.0. The lowest BCUT2D eigenvalue weighted by molar-refractivity contribution is -0.146. The van der Waals surface area contributed by atoms with Crippen molar-refractivity contribution in [3.8, 4) is 0 Å². The molecule has 0 aromatic rings. The number of piperidine rings is 1. The Morgan fingerprint density at radius 2 is 2.19 bits per heavy atom. The van der Waals surface area contributed by atoms with Crippen LogP contribution in [0.2, 0.25) is 0 Å². The Labute approximate surface area is 96.6 Å². The first kappa shape index (κ1) is 13.0. The summed E-state index contributed by atoms with van der Waals surface area (Å²) in [6.45, 7) is 5.09. The van der Waals surface area contributed by atoms with Crippen molar-refractivity contribution >= 4 is 11.9 Å². The summed E-state index contributed by atoms with van der Waals surface area (Å²) in [7, 11) is 0. The van der Waals surface area contributed by atoms with Crippen molar-refractivity contribution < 1.29 is 14.7 Å². The molecule has 0 radical (unpaired) electrons. The average Bonchev–Trinajstić information content (AvgIpc) is 2.28. The monoisotopic (exact) mass is 227 g/mol. The number of carbonyl (C=O) groups excluding carboxylic acids is 1. The van der Waals surface area contributed by atoms with E-state index in [1.165, 1.54) is 0 Å². The molecule has 1 rings (SSSR count). The van der Waals surface area contributed by atoms with Crippen LogP contribution in [0.3, 0.4) is 0 Å². The van der Waals surface area contributed by atoms with Gasteiger partial charge in [-0.15, -0.1) is 0 Å². The molecule has 1 amide bonds. The Balaban J connectivity index is 2.53. The van der Waals surface area contributed by atoms with E-state index in [4.69, 9.17) is 5.11 Å². The third-order valence-corrected chi connectivity index (χ3v) is 3.23. The van der Waals surface area contributed by atoms with Crippen LogP contribution in [0.4, 0.5) is 0 Å². The van der Waals surface area contributed by atoms with E-state index in [0.717, 1.165) is 25.8 Å². The lowest BCUT2D eigenvalue weighted by Gasteiger charge is -2.32. The SMILES string of the molecule is CCC[C@@H](C)C(=O)N1CCC[C@@H](C(=O)O)C1. The first-order chi connectivity index (χ1) is 7.56. The second-order valence-corrected chi connectivity index (χ2v) is 4.65. The van der Waals surface area contributed by atoms with Crippen molar-refractivity contribution in [1.82, 2.24) is 4.90 Å². The average molecular weight is 227 g/mol. The van der Waals surface area contributed by atoms with Gasteiger partial charge in [-0.3, -0.25) is 9.59 Å². The number of aliphatic carboxylic acids is 1.